The molecule has 0 radical (unpaired) electrons. The maximum absolute atomic E-state index is 4.72. The highest BCUT2D eigenvalue weighted by Gasteiger charge is 2.18. The molecule has 42 heavy (non-hydrogen) atoms. The van der Waals surface area contributed by atoms with Crippen LogP contribution in [-0.2, 0) is 0 Å². The summed E-state index contributed by atoms with van der Waals surface area (Å²) in [5, 5.41) is 8.40. The van der Waals surface area contributed by atoms with Crippen LogP contribution in [0.1, 0.15) is 22.7 Å². The van der Waals surface area contributed by atoms with E-state index >= 15 is 0 Å². The van der Waals surface area contributed by atoms with Crippen molar-refractivity contribution < 1.29 is 0 Å². The molecule has 6 aromatic carbocycles. The molecule has 3 heteroatoms. The fraction of sp³-hybridized carbons (Fsp3) is 0.0256. The molecule has 0 amide bonds. The van der Waals surface area contributed by atoms with Crippen molar-refractivity contribution >= 4 is 43.8 Å². The highest BCUT2D eigenvalue weighted by Crippen LogP contribution is 2.37. The second kappa shape index (κ2) is 10.1. The smallest absolute Gasteiger partial charge is 0.0971 e. The van der Waals surface area contributed by atoms with Gasteiger partial charge in [-0.25, -0.2) is 0 Å². The normalized spacial score (nSPS) is 14.9. The molecule has 198 valence electrons. The minimum Gasteiger partial charge on any atom is -0.374 e. The number of nitrogens with zero attached hydrogens (tertiary/aromatic N) is 2. The topological polar surface area (TPSA) is 37.8 Å². The van der Waals surface area contributed by atoms with Crippen LogP contribution in [0, 0.1) is 0 Å². The van der Waals surface area contributed by atoms with Crippen molar-refractivity contribution in [2.45, 2.75) is 6.04 Å². The Balaban J connectivity index is 1.26. The number of hydrogen-bond donors (Lipinski definition) is 1. The number of rotatable bonds is 4. The molecule has 0 spiro atoms. The van der Waals surface area contributed by atoms with Crippen LogP contribution in [0.5, 0.6) is 0 Å². The molecule has 1 unspecified atom stereocenters. The van der Waals surface area contributed by atoms with Crippen molar-refractivity contribution in [1.29, 1.82) is 0 Å². The number of nitrogens with one attached hydrogen (secondary N) is 1. The molecule has 1 aliphatic rings. The van der Waals surface area contributed by atoms with Gasteiger partial charge in [-0.2, -0.15) is 0 Å². The van der Waals surface area contributed by atoms with Gasteiger partial charge >= 0.3 is 0 Å². The summed E-state index contributed by atoms with van der Waals surface area (Å²) in [6, 6.07) is 45.4. The first-order chi connectivity index (χ1) is 20.8. The standard InChI is InChI=1S/C39H27N3/c1-3-10-26(11-4-1)36-24-31(25-37(42-36)27-12-5-2-6-13-27)29-15-9-14-28(22-29)30-18-19-34-35(23-30)32-16-7-8-17-33(32)38-39(34)41-21-20-40-38/h1-25,36,42H. The Kier molecular flexibility index (Phi) is 5.86. The van der Waals surface area contributed by atoms with Gasteiger partial charge in [0.25, 0.3) is 0 Å². The third-order valence-corrected chi connectivity index (χ3v) is 8.18. The van der Waals surface area contributed by atoms with Crippen LogP contribution in [0.3, 0.4) is 0 Å². The van der Waals surface area contributed by atoms with Crippen molar-refractivity contribution in [2.75, 3.05) is 0 Å². The molecule has 3 nitrogen and oxygen atoms in total. The molecule has 2 heterocycles. The Morgan fingerprint density at radius 1 is 0.476 bits per heavy atom. The lowest BCUT2D eigenvalue weighted by molar-refractivity contribution is 0.767. The predicted molar refractivity (Wildman–Crippen MR) is 175 cm³/mol. The van der Waals surface area contributed by atoms with Gasteiger partial charge in [0.2, 0.25) is 0 Å². The summed E-state index contributed by atoms with van der Waals surface area (Å²) in [5.41, 5.74) is 10.2. The molecule has 0 saturated heterocycles. The van der Waals surface area contributed by atoms with Gasteiger partial charge in [-0.05, 0) is 68.4 Å². The SMILES string of the molecule is C1=C(c2cccc(-c3ccc4c(c3)c3ccccc3c3nccnc43)c2)C=C(c2ccccc2)NC1c1ccccc1. The monoisotopic (exact) mass is 537 g/mol. The van der Waals surface area contributed by atoms with Crippen LogP contribution in [0.4, 0.5) is 0 Å². The van der Waals surface area contributed by atoms with Gasteiger partial charge in [0.1, 0.15) is 0 Å². The molecule has 1 aromatic heterocycles. The van der Waals surface area contributed by atoms with Gasteiger partial charge in [0.15, 0.2) is 0 Å². The zero-order chi connectivity index (χ0) is 27.9. The first kappa shape index (κ1) is 24.3. The van der Waals surface area contributed by atoms with E-state index in [2.05, 4.69) is 150 Å². The first-order valence-corrected chi connectivity index (χ1v) is 14.3. The van der Waals surface area contributed by atoms with Gasteiger partial charge in [0, 0.05) is 28.9 Å². The summed E-state index contributed by atoms with van der Waals surface area (Å²) in [6.07, 6.45) is 8.16. The Morgan fingerprint density at radius 2 is 1.10 bits per heavy atom. The molecule has 1 atom stereocenters. The van der Waals surface area contributed by atoms with E-state index in [1.165, 1.54) is 44.2 Å². The third kappa shape index (κ3) is 4.23. The molecule has 0 fully saturated rings. The Hall–Kier alpha value is -5.54. The summed E-state index contributed by atoms with van der Waals surface area (Å²) < 4.78 is 0. The second-order valence-corrected chi connectivity index (χ2v) is 10.7. The molecule has 1 N–H and O–H groups in total. The summed E-state index contributed by atoms with van der Waals surface area (Å²) >= 11 is 0. The fourth-order valence-electron chi connectivity index (χ4n) is 6.13. The molecule has 0 aliphatic carbocycles. The number of fused-ring (bicyclic) bond motifs is 6. The van der Waals surface area contributed by atoms with Crippen LogP contribution >= 0.6 is 0 Å². The molecule has 7 aromatic rings. The molecular formula is C39H27N3. The van der Waals surface area contributed by atoms with E-state index < -0.39 is 0 Å². The minimum absolute atomic E-state index is 0.0755. The van der Waals surface area contributed by atoms with Crippen molar-refractivity contribution in [3.8, 4) is 11.1 Å². The quantitative estimate of drug-likeness (QED) is 0.227. The largest absolute Gasteiger partial charge is 0.374 e. The summed E-state index contributed by atoms with van der Waals surface area (Å²) in [5.74, 6) is 0. The third-order valence-electron chi connectivity index (χ3n) is 8.18. The average molecular weight is 538 g/mol. The number of allylic oxidation sites excluding steroid dienone is 2. The lowest BCUT2D eigenvalue weighted by Crippen LogP contribution is -2.21. The van der Waals surface area contributed by atoms with Crippen molar-refractivity contribution in [1.82, 2.24) is 15.3 Å². The van der Waals surface area contributed by atoms with Crippen molar-refractivity contribution in [3.05, 3.63) is 169 Å². The van der Waals surface area contributed by atoms with Crippen molar-refractivity contribution in [2.24, 2.45) is 0 Å². The average Bonchev–Trinajstić information content (AvgIpc) is 3.09. The Labute approximate surface area is 244 Å². The molecule has 8 rings (SSSR count). The zero-order valence-electron chi connectivity index (χ0n) is 22.9. The molecular weight excluding hydrogens is 510 g/mol. The van der Waals surface area contributed by atoms with Gasteiger partial charge in [-0.1, -0.05) is 115 Å². The maximum Gasteiger partial charge on any atom is 0.0971 e. The van der Waals surface area contributed by atoms with Crippen LogP contribution < -0.4 is 5.32 Å². The van der Waals surface area contributed by atoms with Gasteiger partial charge in [-0.3, -0.25) is 9.97 Å². The maximum atomic E-state index is 4.72. The molecule has 1 aliphatic heterocycles. The van der Waals surface area contributed by atoms with Crippen LogP contribution in [0.15, 0.2) is 152 Å². The number of dihydropyridines is 1. The lowest BCUT2D eigenvalue weighted by atomic mass is 9.91. The van der Waals surface area contributed by atoms with Crippen LogP contribution in [0.25, 0.3) is 55.0 Å². The summed E-state index contributed by atoms with van der Waals surface area (Å²) in [4.78, 5) is 9.40. The van der Waals surface area contributed by atoms with Crippen molar-refractivity contribution in [3.63, 3.8) is 0 Å². The molecule has 0 bridgehead atoms. The van der Waals surface area contributed by atoms with E-state index in [9.17, 15) is 0 Å². The summed E-state index contributed by atoms with van der Waals surface area (Å²) in [6.45, 7) is 0. The number of aromatic nitrogens is 2. The number of benzene rings is 6. The fourth-order valence-corrected chi connectivity index (χ4v) is 6.13. The van der Waals surface area contributed by atoms with E-state index in [1.54, 1.807) is 12.4 Å². The lowest BCUT2D eigenvalue weighted by Gasteiger charge is -2.26. The van der Waals surface area contributed by atoms with E-state index in [-0.39, 0.29) is 6.04 Å². The van der Waals surface area contributed by atoms with E-state index in [1.807, 2.05) is 0 Å². The van der Waals surface area contributed by atoms with E-state index in [4.69, 9.17) is 4.98 Å². The van der Waals surface area contributed by atoms with Crippen LogP contribution in [0.2, 0.25) is 0 Å². The Bertz CT molecular complexity index is 2130. The van der Waals surface area contributed by atoms with E-state index in [0.717, 1.165) is 27.5 Å². The Morgan fingerprint density at radius 3 is 1.88 bits per heavy atom. The zero-order valence-corrected chi connectivity index (χ0v) is 22.9. The van der Waals surface area contributed by atoms with Gasteiger partial charge in [0.05, 0.1) is 17.1 Å². The number of hydrogen-bond acceptors (Lipinski definition) is 3. The molecule has 0 saturated carbocycles. The highest BCUT2D eigenvalue weighted by molar-refractivity contribution is 6.23. The minimum atomic E-state index is 0.0755. The van der Waals surface area contributed by atoms with Gasteiger partial charge in [-0.15, -0.1) is 0 Å². The van der Waals surface area contributed by atoms with Gasteiger partial charge < -0.3 is 5.32 Å². The first-order valence-electron chi connectivity index (χ1n) is 14.3. The second-order valence-electron chi connectivity index (χ2n) is 10.7. The summed E-state index contributed by atoms with van der Waals surface area (Å²) in [7, 11) is 0. The van der Waals surface area contributed by atoms with E-state index in [0.29, 0.717) is 0 Å². The van der Waals surface area contributed by atoms with Crippen LogP contribution in [-0.4, -0.2) is 9.97 Å². The highest BCUT2D eigenvalue weighted by atomic mass is 14.9. The predicted octanol–water partition coefficient (Wildman–Crippen LogP) is 9.37.